The number of aliphatic hydroxyl groups is 1. The summed E-state index contributed by atoms with van der Waals surface area (Å²) >= 11 is 0. The van der Waals surface area contributed by atoms with Crippen molar-refractivity contribution in [1.82, 2.24) is 10.2 Å². The van der Waals surface area contributed by atoms with E-state index < -0.39 is 0 Å². The van der Waals surface area contributed by atoms with Crippen molar-refractivity contribution < 1.29 is 52.1 Å². The van der Waals surface area contributed by atoms with Gasteiger partial charge in [0.15, 0.2) is 0 Å². The summed E-state index contributed by atoms with van der Waals surface area (Å²) in [5.41, 5.74) is 0. The van der Waals surface area contributed by atoms with Gasteiger partial charge in [0.25, 0.3) is 0 Å². The topological polar surface area (TPSA) is 78.9 Å². The summed E-state index contributed by atoms with van der Waals surface area (Å²) in [4.78, 5) is 24.9. The summed E-state index contributed by atoms with van der Waals surface area (Å²) in [5, 5.41) is 11.9. The molecule has 2 atom stereocenters. The van der Waals surface area contributed by atoms with E-state index >= 15 is 0 Å². The van der Waals surface area contributed by atoms with Crippen molar-refractivity contribution in [2.75, 3.05) is 27.3 Å². The van der Waals surface area contributed by atoms with E-state index in [-0.39, 0.29) is 63.3 Å². The number of amides is 2. The van der Waals surface area contributed by atoms with Gasteiger partial charge in [0, 0.05) is 66.3 Å². The molecule has 1 fully saturated rings. The minimum atomic E-state index is -0.113. The zero-order valence-corrected chi connectivity index (χ0v) is 15.8. The largest absolute Gasteiger partial charge is 0.394 e. The monoisotopic (exact) mass is 375 g/mol. The molecule has 21 heavy (non-hydrogen) atoms. The van der Waals surface area contributed by atoms with Crippen molar-refractivity contribution in [3.05, 3.63) is 0 Å². The number of rotatable bonds is 8. The van der Waals surface area contributed by atoms with E-state index in [4.69, 9.17) is 4.74 Å². The number of carbonyl (C=O) groups is 2. The van der Waals surface area contributed by atoms with Crippen LogP contribution in [0.1, 0.15) is 38.5 Å². The van der Waals surface area contributed by atoms with Gasteiger partial charge in [-0.15, -0.1) is 0 Å². The van der Waals surface area contributed by atoms with Crippen molar-refractivity contribution >= 4 is 11.8 Å². The van der Waals surface area contributed by atoms with Crippen LogP contribution >= 0.6 is 0 Å². The zero-order chi connectivity index (χ0) is 15.0. The molecule has 119 valence electrons. The first kappa shape index (κ1) is 21.0. The molecular weight excluding hydrogens is 349 g/mol. The molecule has 1 saturated heterocycles. The first-order chi connectivity index (χ1) is 9.62. The summed E-state index contributed by atoms with van der Waals surface area (Å²) in [6, 6.07) is -0.113. The second-order valence-corrected chi connectivity index (χ2v) is 5.21. The minimum Gasteiger partial charge on any atom is -0.394 e. The fraction of sp³-hybridized carbons (Fsp3) is 0.857. The Kier molecular flexibility index (Phi) is 11.5. The molecule has 1 rings (SSSR count). The molecule has 1 radical (unpaired) electrons. The van der Waals surface area contributed by atoms with Crippen LogP contribution in [0.15, 0.2) is 0 Å². The number of ether oxygens (including phenoxy) is 1. The molecule has 0 aliphatic carbocycles. The van der Waals surface area contributed by atoms with Crippen molar-refractivity contribution in [3.8, 4) is 0 Å². The summed E-state index contributed by atoms with van der Waals surface area (Å²) in [7, 11) is 3.26. The van der Waals surface area contributed by atoms with Crippen LogP contribution in [-0.4, -0.2) is 61.3 Å². The van der Waals surface area contributed by atoms with Gasteiger partial charge in [0.05, 0.1) is 18.8 Å². The second-order valence-electron chi connectivity index (χ2n) is 5.21. The molecule has 1 aliphatic rings. The summed E-state index contributed by atoms with van der Waals surface area (Å²) < 4.78 is 5.26. The Morgan fingerprint density at radius 2 is 1.95 bits per heavy atom. The standard InChI is InChI=1S/C14H26N2O4.Y/c1-15-13(18)6-4-3-5-7-14(19)16-9-12(20-2)8-11(16)10-17;/h11-12,17H,3-10H2,1-2H3,(H,15,18);. The molecule has 2 unspecified atom stereocenters. The van der Waals surface area contributed by atoms with Crippen molar-refractivity contribution in [2.24, 2.45) is 0 Å². The normalized spacial score (nSPS) is 21.0. The summed E-state index contributed by atoms with van der Waals surface area (Å²) in [6.45, 7) is 0.557. The molecule has 2 N–H and O–H groups in total. The second kappa shape index (κ2) is 11.5. The van der Waals surface area contributed by atoms with Crippen LogP contribution in [0.4, 0.5) is 0 Å². The van der Waals surface area contributed by atoms with E-state index in [0.717, 1.165) is 19.3 Å². The van der Waals surface area contributed by atoms with Crippen molar-refractivity contribution in [2.45, 2.75) is 50.7 Å². The average Bonchev–Trinajstić information content (AvgIpc) is 2.89. The third kappa shape index (κ3) is 7.18. The molecule has 6 nitrogen and oxygen atoms in total. The molecule has 1 aliphatic heterocycles. The number of hydrogen-bond donors (Lipinski definition) is 2. The fourth-order valence-electron chi connectivity index (χ4n) is 2.53. The number of unbranched alkanes of at least 4 members (excludes halogenated alkanes) is 2. The quantitative estimate of drug-likeness (QED) is 0.598. The van der Waals surface area contributed by atoms with Crippen LogP contribution < -0.4 is 5.32 Å². The number of likely N-dealkylation sites (tertiary alicyclic amines) is 1. The molecule has 0 aromatic heterocycles. The predicted octanol–water partition coefficient (Wildman–Crippen LogP) is 0.289. The molecule has 1 heterocycles. The molecule has 0 bridgehead atoms. The Morgan fingerprint density at radius 1 is 1.29 bits per heavy atom. The first-order valence-corrected chi connectivity index (χ1v) is 7.26. The molecule has 0 saturated carbocycles. The van der Waals surface area contributed by atoms with Crippen LogP contribution in [-0.2, 0) is 47.0 Å². The van der Waals surface area contributed by atoms with Gasteiger partial charge in [0.1, 0.15) is 0 Å². The van der Waals surface area contributed by atoms with E-state index in [1.165, 1.54) is 0 Å². The fourth-order valence-corrected chi connectivity index (χ4v) is 2.53. The predicted molar refractivity (Wildman–Crippen MR) is 75.2 cm³/mol. The van der Waals surface area contributed by atoms with Gasteiger partial charge in [0.2, 0.25) is 11.8 Å². The van der Waals surface area contributed by atoms with Gasteiger partial charge in [-0.05, 0) is 19.3 Å². The zero-order valence-electron chi connectivity index (χ0n) is 13.0. The summed E-state index contributed by atoms with van der Waals surface area (Å²) in [6.07, 6.45) is 4.17. The Labute approximate surface area is 151 Å². The van der Waals surface area contributed by atoms with Gasteiger partial charge in [-0.2, -0.15) is 0 Å². The van der Waals surface area contributed by atoms with Crippen molar-refractivity contribution in [3.63, 3.8) is 0 Å². The maximum atomic E-state index is 12.1. The molecule has 0 aromatic rings. The van der Waals surface area contributed by atoms with E-state index in [1.807, 2.05) is 0 Å². The number of carbonyl (C=O) groups excluding carboxylic acids is 2. The van der Waals surface area contributed by atoms with E-state index in [1.54, 1.807) is 19.1 Å². The Hall–Kier alpha value is -0.0361. The molecule has 0 spiro atoms. The Balaban J connectivity index is 0.00000400. The van der Waals surface area contributed by atoms with E-state index in [9.17, 15) is 14.7 Å². The van der Waals surface area contributed by atoms with Crippen LogP contribution in [0.2, 0.25) is 0 Å². The molecule has 2 amide bonds. The van der Waals surface area contributed by atoms with Crippen LogP contribution in [0, 0.1) is 0 Å². The van der Waals surface area contributed by atoms with E-state index in [0.29, 0.717) is 25.8 Å². The van der Waals surface area contributed by atoms with Crippen LogP contribution in [0.5, 0.6) is 0 Å². The van der Waals surface area contributed by atoms with Crippen LogP contribution in [0.3, 0.4) is 0 Å². The SMILES string of the molecule is CNC(=O)CCCCCC(=O)N1CC(OC)CC1CO.[Y]. The Morgan fingerprint density at radius 3 is 2.52 bits per heavy atom. The third-order valence-corrected chi connectivity index (χ3v) is 3.81. The molecular formula is C14H26N2O4Y. The number of nitrogens with one attached hydrogen (secondary N) is 1. The average molecular weight is 375 g/mol. The maximum absolute atomic E-state index is 12.1. The smallest absolute Gasteiger partial charge is 0.222 e. The molecule has 0 aromatic carbocycles. The minimum absolute atomic E-state index is 0. The Bertz CT molecular complexity index is 328. The number of nitrogens with zero attached hydrogens (tertiary/aromatic N) is 1. The maximum Gasteiger partial charge on any atom is 0.222 e. The summed E-state index contributed by atoms with van der Waals surface area (Å²) in [5.74, 6) is 0.114. The van der Waals surface area contributed by atoms with Gasteiger partial charge >= 0.3 is 0 Å². The van der Waals surface area contributed by atoms with Crippen molar-refractivity contribution in [1.29, 1.82) is 0 Å². The number of hydrogen-bond acceptors (Lipinski definition) is 4. The first-order valence-electron chi connectivity index (χ1n) is 7.26. The number of methoxy groups -OCH3 is 1. The molecule has 7 heteroatoms. The van der Waals surface area contributed by atoms with Gasteiger partial charge in [-0.1, -0.05) is 6.42 Å². The van der Waals surface area contributed by atoms with Gasteiger partial charge in [-0.25, -0.2) is 0 Å². The van der Waals surface area contributed by atoms with Crippen LogP contribution in [0.25, 0.3) is 0 Å². The van der Waals surface area contributed by atoms with Gasteiger partial charge in [-0.3, -0.25) is 9.59 Å². The number of aliphatic hydroxyl groups excluding tert-OH is 1. The van der Waals surface area contributed by atoms with Gasteiger partial charge < -0.3 is 20.1 Å². The third-order valence-electron chi connectivity index (χ3n) is 3.81. The van der Waals surface area contributed by atoms with E-state index in [2.05, 4.69) is 5.32 Å².